The van der Waals surface area contributed by atoms with E-state index in [2.05, 4.69) is 4.98 Å². The molecule has 0 fully saturated rings. The molecule has 1 aromatic heterocycles. The predicted molar refractivity (Wildman–Crippen MR) is 58.4 cm³/mol. The number of aromatic nitrogens is 1. The van der Waals surface area contributed by atoms with E-state index in [0.29, 0.717) is 25.1 Å². The molecular weight excluding hydrogens is 206 g/mol. The van der Waals surface area contributed by atoms with E-state index in [1.54, 1.807) is 6.07 Å². The van der Waals surface area contributed by atoms with Gasteiger partial charge in [0.25, 0.3) is 0 Å². The van der Waals surface area contributed by atoms with Gasteiger partial charge in [0.2, 0.25) is 0 Å². The summed E-state index contributed by atoms with van der Waals surface area (Å²) in [7, 11) is 0. The van der Waals surface area contributed by atoms with Crippen LogP contribution in [0.15, 0.2) is 18.3 Å². The van der Waals surface area contributed by atoms with Crippen molar-refractivity contribution in [1.29, 1.82) is 5.26 Å². The van der Waals surface area contributed by atoms with Crippen molar-refractivity contribution in [2.24, 2.45) is 0 Å². The van der Waals surface area contributed by atoms with Gasteiger partial charge in [0.1, 0.15) is 5.69 Å². The quantitative estimate of drug-likeness (QED) is 0.599. The van der Waals surface area contributed by atoms with Crippen LogP contribution in [0.3, 0.4) is 0 Å². The minimum atomic E-state index is -0.461. The van der Waals surface area contributed by atoms with Crippen molar-refractivity contribution in [3.63, 3.8) is 0 Å². The van der Waals surface area contributed by atoms with Gasteiger partial charge in [0, 0.05) is 6.42 Å². The summed E-state index contributed by atoms with van der Waals surface area (Å²) in [5.74, 6) is -0.461. The van der Waals surface area contributed by atoms with Crippen molar-refractivity contribution in [2.75, 3.05) is 12.3 Å². The molecule has 0 spiro atoms. The fourth-order valence-corrected chi connectivity index (χ4v) is 1.07. The lowest BCUT2D eigenvalue weighted by molar-refractivity contribution is 0.0492. The van der Waals surface area contributed by atoms with E-state index in [-0.39, 0.29) is 5.69 Å². The Morgan fingerprint density at radius 2 is 2.31 bits per heavy atom. The SMILES string of the molecule is N#CCCCCOC(=O)c1ccc(N)cn1. The molecule has 0 aliphatic heterocycles. The molecule has 1 aromatic rings. The second-order valence-corrected chi connectivity index (χ2v) is 3.23. The molecule has 0 aliphatic rings. The van der Waals surface area contributed by atoms with Gasteiger partial charge in [-0.2, -0.15) is 5.26 Å². The molecule has 1 heterocycles. The lowest BCUT2D eigenvalue weighted by atomic mass is 10.2. The van der Waals surface area contributed by atoms with Crippen LogP contribution in [0.5, 0.6) is 0 Å². The van der Waals surface area contributed by atoms with Gasteiger partial charge in [-0.1, -0.05) is 0 Å². The molecule has 0 aliphatic carbocycles. The Balaban J connectivity index is 2.30. The molecule has 5 heteroatoms. The maximum atomic E-state index is 11.4. The minimum Gasteiger partial charge on any atom is -0.461 e. The van der Waals surface area contributed by atoms with Gasteiger partial charge in [-0.25, -0.2) is 9.78 Å². The summed E-state index contributed by atoms with van der Waals surface area (Å²) in [6.45, 7) is 0.312. The predicted octanol–water partition coefficient (Wildman–Crippen LogP) is 1.51. The van der Waals surface area contributed by atoms with E-state index in [0.717, 1.165) is 6.42 Å². The van der Waals surface area contributed by atoms with Gasteiger partial charge in [-0.15, -0.1) is 0 Å². The summed E-state index contributed by atoms with van der Waals surface area (Å²) in [5.41, 5.74) is 6.19. The maximum Gasteiger partial charge on any atom is 0.356 e. The molecule has 0 saturated carbocycles. The highest BCUT2D eigenvalue weighted by Crippen LogP contribution is 2.03. The molecule has 0 unspecified atom stereocenters. The zero-order valence-corrected chi connectivity index (χ0v) is 8.85. The molecule has 84 valence electrons. The number of nitriles is 1. The number of anilines is 1. The number of nitrogens with two attached hydrogens (primary N) is 1. The molecule has 0 aromatic carbocycles. The van der Waals surface area contributed by atoms with Crippen LogP contribution in [0.2, 0.25) is 0 Å². The van der Waals surface area contributed by atoms with E-state index in [9.17, 15) is 4.79 Å². The molecule has 1 rings (SSSR count). The molecule has 2 N–H and O–H groups in total. The molecule has 0 atom stereocenters. The highest BCUT2D eigenvalue weighted by Gasteiger charge is 2.07. The van der Waals surface area contributed by atoms with Crippen LogP contribution < -0.4 is 5.73 Å². The minimum absolute atomic E-state index is 0.245. The number of esters is 1. The Morgan fingerprint density at radius 3 is 2.94 bits per heavy atom. The van der Waals surface area contributed by atoms with E-state index in [1.807, 2.05) is 6.07 Å². The lowest BCUT2D eigenvalue weighted by Crippen LogP contribution is -2.08. The highest BCUT2D eigenvalue weighted by molar-refractivity contribution is 5.87. The van der Waals surface area contributed by atoms with Crippen molar-refractivity contribution >= 4 is 11.7 Å². The van der Waals surface area contributed by atoms with Crippen molar-refractivity contribution in [3.8, 4) is 6.07 Å². The Labute approximate surface area is 93.8 Å². The first-order valence-corrected chi connectivity index (χ1v) is 4.99. The van der Waals surface area contributed by atoms with E-state index in [1.165, 1.54) is 12.3 Å². The smallest absolute Gasteiger partial charge is 0.356 e. The second-order valence-electron chi connectivity index (χ2n) is 3.23. The number of unbranched alkanes of at least 4 members (excludes halogenated alkanes) is 2. The van der Waals surface area contributed by atoms with Gasteiger partial charge in [-0.3, -0.25) is 0 Å². The van der Waals surface area contributed by atoms with Crippen molar-refractivity contribution in [2.45, 2.75) is 19.3 Å². The fraction of sp³-hybridized carbons (Fsp3) is 0.364. The van der Waals surface area contributed by atoms with Gasteiger partial charge in [0.15, 0.2) is 0 Å². The number of ether oxygens (including phenoxy) is 1. The Hall–Kier alpha value is -2.09. The second kappa shape index (κ2) is 6.40. The first-order valence-electron chi connectivity index (χ1n) is 4.99. The molecule has 0 amide bonds. The highest BCUT2D eigenvalue weighted by atomic mass is 16.5. The zero-order chi connectivity index (χ0) is 11.8. The Bertz CT molecular complexity index is 381. The van der Waals surface area contributed by atoms with E-state index in [4.69, 9.17) is 15.7 Å². The van der Waals surface area contributed by atoms with Crippen LogP contribution in [-0.2, 0) is 4.74 Å². The van der Waals surface area contributed by atoms with Crippen LogP contribution in [0, 0.1) is 11.3 Å². The fourth-order valence-electron chi connectivity index (χ4n) is 1.07. The average Bonchev–Trinajstić information content (AvgIpc) is 2.29. The Morgan fingerprint density at radius 1 is 1.50 bits per heavy atom. The summed E-state index contributed by atoms with van der Waals surface area (Å²) < 4.78 is 4.96. The number of hydrogen-bond acceptors (Lipinski definition) is 5. The topological polar surface area (TPSA) is 89.0 Å². The van der Waals surface area contributed by atoms with Gasteiger partial charge in [-0.05, 0) is 25.0 Å². The summed E-state index contributed by atoms with van der Waals surface area (Å²) >= 11 is 0. The number of nitrogens with zero attached hydrogens (tertiary/aromatic N) is 2. The zero-order valence-electron chi connectivity index (χ0n) is 8.85. The largest absolute Gasteiger partial charge is 0.461 e. The summed E-state index contributed by atoms with van der Waals surface area (Å²) in [5, 5.41) is 8.30. The molecular formula is C11H13N3O2. The molecule has 0 saturated heterocycles. The van der Waals surface area contributed by atoms with Crippen LogP contribution in [0.1, 0.15) is 29.8 Å². The molecule has 5 nitrogen and oxygen atoms in total. The molecule has 0 radical (unpaired) electrons. The summed E-state index contributed by atoms with van der Waals surface area (Å²) in [4.78, 5) is 15.2. The third kappa shape index (κ3) is 3.96. The van der Waals surface area contributed by atoms with Gasteiger partial charge < -0.3 is 10.5 Å². The number of rotatable bonds is 5. The number of nitrogen functional groups attached to an aromatic ring is 1. The first kappa shape index (κ1) is 12.0. The summed E-state index contributed by atoms with van der Waals surface area (Å²) in [6, 6.07) is 5.14. The van der Waals surface area contributed by atoms with Gasteiger partial charge in [0.05, 0.1) is 24.6 Å². The van der Waals surface area contributed by atoms with Crippen molar-refractivity contribution < 1.29 is 9.53 Å². The third-order valence-corrected chi connectivity index (χ3v) is 1.91. The Kier molecular flexibility index (Phi) is 4.80. The monoisotopic (exact) mass is 219 g/mol. The summed E-state index contributed by atoms with van der Waals surface area (Å²) in [6.07, 6.45) is 3.32. The van der Waals surface area contributed by atoms with Crippen LogP contribution >= 0.6 is 0 Å². The van der Waals surface area contributed by atoms with Crippen molar-refractivity contribution in [3.05, 3.63) is 24.0 Å². The van der Waals surface area contributed by atoms with Crippen LogP contribution in [0.25, 0.3) is 0 Å². The van der Waals surface area contributed by atoms with Crippen LogP contribution in [0.4, 0.5) is 5.69 Å². The number of hydrogen-bond donors (Lipinski definition) is 1. The van der Waals surface area contributed by atoms with Crippen LogP contribution in [-0.4, -0.2) is 17.6 Å². The average molecular weight is 219 g/mol. The van der Waals surface area contributed by atoms with Crippen molar-refractivity contribution in [1.82, 2.24) is 4.98 Å². The maximum absolute atomic E-state index is 11.4. The number of carbonyl (C=O) groups excluding carboxylic acids is 1. The van der Waals surface area contributed by atoms with E-state index < -0.39 is 5.97 Å². The van der Waals surface area contributed by atoms with Gasteiger partial charge >= 0.3 is 5.97 Å². The molecule has 0 bridgehead atoms. The third-order valence-electron chi connectivity index (χ3n) is 1.91. The molecule has 16 heavy (non-hydrogen) atoms. The standard InChI is InChI=1S/C11H13N3O2/c12-6-2-1-3-7-16-11(15)10-5-4-9(13)8-14-10/h4-5,8H,1-3,7,13H2. The van der Waals surface area contributed by atoms with E-state index >= 15 is 0 Å². The first-order chi connectivity index (χ1) is 7.74. The number of carbonyl (C=O) groups is 1. The lowest BCUT2D eigenvalue weighted by Gasteiger charge is -2.03. The number of pyridine rings is 1. The normalized spacial score (nSPS) is 9.44.